The maximum Gasteiger partial charge on any atom is 0.291 e. The molecule has 0 amide bonds. The highest BCUT2D eigenvalue weighted by molar-refractivity contribution is 9.10. The molecule has 0 bridgehead atoms. The zero-order valence-corrected chi connectivity index (χ0v) is 10.0. The first-order valence-electron chi connectivity index (χ1n) is 4.51. The fraction of sp³-hybridized carbons (Fsp3) is 0.0909. The second kappa shape index (κ2) is 4.49. The number of halogens is 1. The molecule has 2 aromatic rings. The summed E-state index contributed by atoms with van der Waals surface area (Å²) in [6.45, 7) is 0. The van der Waals surface area contributed by atoms with Gasteiger partial charge in [-0.25, -0.2) is 0 Å². The van der Waals surface area contributed by atoms with Crippen LogP contribution in [0.25, 0.3) is 11.5 Å². The van der Waals surface area contributed by atoms with Crippen LogP contribution in [0.4, 0.5) is 0 Å². The van der Waals surface area contributed by atoms with Gasteiger partial charge in [0, 0.05) is 10.0 Å². The number of aromatic nitrogens is 1. The highest BCUT2D eigenvalue weighted by Crippen LogP contribution is 2.21. The van der Waals surface area contributed by atoms with Gasteiger partial charge in [0.15, 0.2) is 0 Å². The van der Waals surface area contributed by atoms with Gasteiger partial charge in [0.1, 0.15) is 0 Å². The van der Waals surface area contributed by atoms with Crippen LogP contribution >= 0.6 is 15.9 Å². The monoisotopic (exact) mass is 281 g/mol. The van der Waals surface area contributed by atoms with Crippen LogP contribution in [-0.2, 0) is 0 Å². The van der Waals surface area contributed by atoms with Gasteiger partial charge in [-0.15, -0.1) is 0 Å². The average Bonchev–Trinajstić information content (AvgIpc) is 2.29. The lowest BCUT2D eigenvalue weighted by Crippen LogP contribution is -2.05. The zero-order valence-electron chi connectivity index (χ0n) is 8.44. The second-order valence-corrected chi connectivity index (χ2v) is 3.95. The van der Waals surface area contributed by atoms with E-state index in [1.165, 1.54) is 13.2 Å². The molecule has 2 rings (SSSR count). The summed E-state index contributed by atoms with van der Waals surface area (Å²) >= 11 is 3.32. The van der Waals surface area contributed by atoms with Crippen molar-refractivity contribution in [3.05, 3.63) is 45.2 Å². The molecule has 5 heteroatoms. The Labute approximate surface area is 100 Å². The summed E-state index contributed by atoms with van der Waals surface area (Å²) < 4.78 is 11.1. The van der Waals surface area contributed by atoms with Crippen molar-refractivity contribution in [2.75, 3.05) is 7.11 Å². The molecule has 0 aliphatic heterocycles. The first-order chi connectivity index (χ1) is 7.69. The minimum Gasteiger partial charge on any atom is -0.468 e. The highest BCUT2D eigenvalue weighted by Gasteiger charge is 2.06. The van der Waals surface area contributed by atoms with E-state index >= 15 is 0 Å². The van der Waals surface area contributed by atoms with E-state index in [9.17, 15) is 4.79 Å². The predicted molar refractivity (Wildman–Crippen MR) is 62.5 cm³/mol. The van der Waals surface area contributed by atoms with Crippen molar-refractivity contribution in [3.63, 3.8) is 0 Å². The van der Waals surface area contributed by atoms with Crippen molar-refractivity contribution in [2.24, 2.45) is 0 Å². The first kappa shape index (κ1) is 10.9. The van der Waals surface area contributed by atoms with Crippen molar-refractivity contribution in [1.29, 1.82) is 0 Å². The number of hydrogen-bond donors (Lipinski definition) is 0. The summed E-state index contributed by atoms with van der Waals surface area (Å²) in [5.41, 5.74) is 0.334. The molecule has 0 fully saturated rings. The van der Waals surface area contributed by atoms with Crippen molar-refractivity contribution in [3.8, 4) is 17.4 Å². The van der Waals surface area contributed by atoms with Gasteiger partial charge in [0.2, 0.25) is 5.89 Å². The molecule has 1 heterocycles. The Kier molecular flexibility index (Phi) is 3.05. The Morgan fingerprint density at radius 3 is 2.62 bits per heavy atom. The van der Waals surface area contributed by atoms with Gasteiger partial charge in [-0.3, -0.25) is 4.79 Å². The van der Waals surface area contributed by atoms with E-state index in [0.29, 0.717) is 0 Å². The van der Waals surface area contributed by atoms with E-state index in [1.807, 2.05) is 12.1 Å². The van der Waals surface area contributed by atoms with Crippen molar-refractivity contribution >= 4 is 15.9 Å². The summed E-state index contributed by atoms with van der Waals surface area (Å²) in [7, 11) is 1.43. The fourth-order valence-electron chi connectivity index (χ4n) is 1.20. The molecule has 82 valence electrons. The third kappa shape index (κ3) is 2.30. The van der Waals surface area contributed by atoms with Gasteiger partial charge in [-0.2, -0.15) is 4.98 Å². The molecule has 0 N–H and O–H groups in total. The smallest absolute Gasteiger partial charge is 0.291 e. The van der Waals surface area contributed by atoms with Crippen LogP contribution in [0, 0.1) is 0 Å². The van der Waals surface area contributed by atoms with Crippen molar-refractivity contribution in [1.82, 2.24) is 4.98 Å². The zero-order chi connectivity index (χ0) is 11.5. The summed E-state index contributed by atoms with van der Waals surface area (Å²) in [6, 6.07) is 8.49. The Hall–Kier alpha value is -1.62. The van der Waals surface area contributed by atoms with Gasteiger partial charge in [0.25, 0.3) is 11.5 Å². The van der Waals surface area contributed by atoms with Crippen LogP contribution in [0.2, 0.25) is 0 Å². The Balaban J connectivity index is 2.51. The maximum absolute atomic E-state index is 11.2. The van der Waals surface area contributed by atoms with Crippen molar-refractivity contribution < 1.29 is 9.15 Å². The summed E-state index contributed by atoms with van der Waals surface area (Å²) in [6.07, 6.45) is 0. The van der Waals surface area contributed by atoms with E-state index in [2.05, 4.69) is 20.9 Å². The Morgan fingerprint density at radius 2 is 2.00 bits per heavy atom. The molecule has 4 nitrogen and oxygen atoms in total. The average molecular weight is 282 g/mol. The molecule has 0 spiro atoms. The first-order valence-corrected chi connectivity index (χ1v) is 5.30. The number of nitrogens with zero attached hydrogens (tertiary/aromatic N) is 1. The summed E-state index contributed by atoms with van der Waals surface area (Å²) in [4.78, 5) is 15.0. The van der Waals surface area contributed by atoms with Crippen LogP contribution < -0.4 is 10.3 Å². The van der Waals surface area contributed by atoms with Gasteiger partial charge < -0.3 is 9.15 Å². The van der Waals surface area contributed by atoms with Gasteiger partial charge in [0.05, 0.1) is 13.2 Å². The molecule has 0 atom stereocenters. The number of benzene rings is 1. The number of rotatable bonds is 2. The quantitative estimate of drug-likeness (QED) is 0.849. The van der Waals surface area contributed by atoms with Crippen LogP contribution in [0.15, 0.2) is 44.0 Å². The van der Waals surface area contributed by atoms with E-state index in [-0.39, 0.29) is 17.4 Å². The molecule has 0 saturated heterocycles. The molecule has 0 aliphatic rings. The molecule has 16 heavy (non-hydrogen) atoms. The highest BCUT2D eigenvalue weighted by atomic mass is 79.9. The Bertz CT molecular complexity index is 548. The molecule has 0 saturated carbocycles. The maximum atomic E-state index is 11.2. The third-order valence-corrected chi connectivity index (χ3v) is 2.47. The van der Waals surface area contributed by atoms with Gasteiger partial charge in [-0.05, 0) is 24.3 Å². The Morgan fingerprint density at radius 1 is 1.31 bits per heavy atom. The van der Waals surface area contributed by atoms with Gasteiger partial charge in [-0.1, -0.05) is 15.9 Å². The summed E-state index contributed by atoms with van der Waals surface area (Å²) in [5.74, 6) is 0.398. The molecular weight excluding hydrogens is 274 g/mol. The van der Waals surface area contributed by atoms with Crippen LogP contribution in [-0.4, -0.2) is 12.1 Å². The fourth-order valence-corrected chi connectivity index (χ4v) is 1.46. The number of hydrogen-bond acceptors (Lipinski definition) is 4. The molecule has 1 aromatic carbocycles. The van der Waals surface area contributed by atoms with E-state index in [1.54, 1.807) is 12.1 Å². The summed E-state index contributed by atoms with van der Waals surface area (Å²) in [5, 5.41) is 0. The molecule has 0 aliphatic carbocycles. The van der Waals surface area contributed by atoms with E-state index < -0.39 is 0 Å². The SMILES string of the molecule is COc1cc(=O)nc(-c2ccc(Br)cc2)o1. The predicted octanol–water partition coefficient (Wildman–Crippen LogP) is 2.47. The van der Waals surface area contributed by atoms with Crippen LogP contribution in [0.1, 0.15) is 0 Å². The minimum absolute atomic E-state index is 0.151. The largest absolute Gasteiger partial charge is 0.468 e. The molecule has 0 radical (unpaired) electrons. The molecule has 1 aromatic heterocycles. The lowest BCUT2D eigenvalue weighted by Gasteiger charge is -2.01. The topological polar surface area (TPSA) is 52.3 Å². The number of methoxy groups -OCH3 is 1. The lowest BCUT2D eigenvalue weighted by molar-refractivity contribution is 0.296. The lowest BCUT2D eigenvalue weighted by atomic mass is 10.2. The van der Waals surface area contributed by atoms with Gasteiger partial charge >= 0.3 is 0 Å². The number of ether oxygens (including phenoxy) is 1. The minimum atomic E-state index is -0.388. The van der Waals surface area contributed by atoms with E-state index in [4.69, 9.17) is 9.15 Å². The second-order valence-electron chi connectivity index (χ2n) is 3.03. The van der Waals surface area contributed by atoms with Crippen molar-refractivity contribution in [2.45, 2.75) is 0 Å². The standard InChI is InChI=1S/C11H8BrNO3/c1-15-10-6-9(14)13-11(16-10)7-2-4-8(12)5-3-7/h2-6H,1H3. The normalized spacial score (nSPS) is 10.1. The third-order valence-electron chi connectivity index (χ3n) is 1.94. The molecular formula is C11H8BrNO3. The molecule has 0 unspecified atom stereocenters. The van der Waals surface area contributed by atoms with Crippen LogP contribution in [0.3, 0.4) is 0 Å². The van der Waals surface area contributed by atoms with Crippen LogP contribution in [0.5, 0.6) is 5.95 Å². The van der Waals surface area contributed by atoms with E-state index in [0.717, 1.165) is 10.0 Å².